The molecule has 0 aliphatic carbocycles. The van der Waals surface area contributed by atoms with Crippen LogP contribution in [0.4, 0.5) is 10.1 Å². The standard InChI is InChI=1S/C20H18FN5O3/c1-12-23-18(24-26(12)14-9-7-13(21)8-10-14)20(28)25-11-17(19(27)22-2)29-16-6-4-3-5-15(16)25/h3-10,17H,11H2,1-2H3,(H,22,27). The number of carbonyl (C=O) groups excluding carboxylic acids is 2. The number of hydrogen-bond donors (Lipinski definition) is 1. The third-order valence-electron chi connectivity index (χ3n) is 4.59. The minimum Gasteiger partial charge on any atom is -0.477 e. The maximum atomic E-state index is 13.2. The van der Waals surface area contributed by atoms with E-state index in [2.05, 4.69) is 15.4 Å². The van der Waals surface area contributed by atoms with Gasteiger partial charge in [-0.1, -0.05) is 12.1 Å². The molecule has 2 heterocycles. The molecule has 1 aliphatic heterocycles. The van der Waals surface area contributed by atoms with Crippen molar-refractivity contribution in [1.82, 2.24) is 20.1 Å². The number of nitrogens with one attached hydrogen (secondary N) is 1. The third kappa shape index (κ3) is 3.42. The fraction of sp³-hybridized carbons (Fsp3) is 0.200. The predicted octanol–water partition coefficient (Wildman–Crippen LogP) is 1.87. The maximum absolute atomic E-state index is 13.2. The van der Waals surface area contributed by atoms with Crippen LogP contribution in [0.1, 0.15) is 16.4 Å². The number of benzene rings is 2. The van der Waals surface area contributed by atoms with E-state index in [9.17, 15) is 14.0 Å². The first-order valence-corrected chi connectivity index (χ1v) is 8.96. The average Bonchev–Trinajstić information content (AvgIpc) is 3.14. The van der Waals surface area contributed by atoms with Gasteiger partial charge < -0.3 is 10.1 Å². The van der Waals surface area contributed by atoms with Gasteiger partial charge in [0.2, 0.25) is 5.82 Å². The summed E-state index contributed by atoms with van der Waals surface area (Å²) in [5, 5.41) is 6.83. The molecule has 3 aromatic rings. The highest BCUT2D eigenvalue weighted by Gasteiger charge is 2.35. The van der Waals surface area contributed by atoms with E-state index in [1.54, 1.807) is 43.3 Å². The second-order valence-electron chi connectivity index (χ2n) is 6.48. The second kappa shape index (κ2) is 7.34. The number of likely N-dealkylation sites (N-methyl/N-ethyl adjacent to an activating group) is 1. The number of aryl methyl sites for hydroxylation is 1. The van der Waals surface area contributed by atoms with Gasteiger partial charge in [0.15, 0.2) is 6.10 Å². The number of para-hydroxylation sites is 2. The normalized spacial score (nSPS) is 15.4. The van der Waals surface area contributed by atoms with Crippen LogP contribution in [0, 0.1) is 12.7 Å². The molecule has 1 atom stereocenters. The van der Waals surface area contributed by atoms with Crippen LogP contribution in [0.3, 0.4) is 0 Å². The summed E-state index contributed by atoms with van der Waals surface area (Å²) in [6.07, 6.45) is -0.848. The Kier molecular flexibility index (Phi) is 4.71. The molecule has 148 valence electrons. The quantitative estimate of drug-likeness (QED) is 0.731. The fourth-order valence-electron chi connectivity index (χ4n) is 3.15. The van der Waals surface area contributed by atoms with Crippen molar-refractivity contribution in [3.05, 3.63) is 66.0 Å². The predicted molar refractivity (Wildman–Crippen MR) is 103 cm³/mol. The molecule has 2 amide bonds. The van der Waals surface area contributed by atoms with E-state index < -0.39 is 12.0 Å². The first kappa shape index (κ1) is 18.6. The fourth-order valence-corrected chi connectivity index (χ4v) is 3.15. The summed E-state index contributed by atoms with van der Waals surface area (Å²) in [7, 11) is 1.51. The van der Waals surface area contributed by atoms with Crippen LogP contribution in [0.2, 0.25) is 0 Å². The molecule has 4 rings (SSSR count). The zero-order valence-electron chi connectivity index (χ0n) is 15.8. The zero-order chi connectivity index (χ0) is 20.5. The lowest BCUT2D eigenvalue weighted by atomic mass is 10.1. The molecular weight excluding hydrogens is 377 g/mol. The van der Waals surface area contributed by atoms with E-state index in [1.165, 1.54) is 28.8 Å². The van der Waals surface area contributed by atoms with Crippen molar-refractivity contribution in [2.45, 2.75) is 13.0 Å². The molecule has 9 heteroatoms. The van der Waals surface area contributed by atoms with Gasteiger partial charge in [0.1, 0.15) is 17.4 Å². The van der Waals surface area contributed by atoms with E-state index in [1.807, 2.05) is 0 Å². The van der Waals surface area contributed by atoms with E-state index in [0.29, 0.717) is 22.9 Å². The molecule has 29 heavy (non-hydrogen) atoms. The van der Waals surface area contributed by atoms with Crippen LogP contribution in [0.5, 0.6) is 5.75 Å². The van der Waals surface area contributed by atoms with Gasteiger partial charge in [-0.2, -0.15) is 0 Å². The van der Waals surface area contributed by atoms with Crippen molar-refractivity contribution in [2.75, 3.05) is 18.5 Å². The lowest BCUT2D eigenvalue weighted by Crippen LogP contribution is -2.50. The lowest BCUT2D eigenvalue weighted by Gasteiger charge is -2.33. The SMILES string of the molecule is CNC(=O)C1CN(C(=O)c2nc(C)n(-c3ccc(F)cc3)n2)c2ccccc2O1. The second-order valence-corrected chi connectivity index (χ2v) is 6.48. The summed E-state index contributed by atoms with van der Waals surface area (Å²) in [5.41, 5.74) is 1.12. The van der Waals surface area contributed by atoms with Gasteiger partial charge in [-0.15, -0.1) is 5.10 Å². The molecular formula is C20H18FN5O3. The molecule has 1 aliphatic rings. The molecule has 1 N–H and O–H groups in total. The minimum absolute atomic E-state index is 0.0274. The highest BCUT2D eigenvalue weighted by Crippen LogP contribution is 2.33. The van der Waals surface area contributed by atoms with Gasteiger partial charge in [-0.05, 0) is 43.3 Å². The average molecular weight is 395 g/mol. The summed E-state index contributed by atoms with van der Waals surface area (Å²) in [4.78, 5) is 31.0. The highest BCUT2D eigenvalue weighted by atomic mass is 19.1. The van der Waals surface area contributed by atoms with Crippen molar-refractivity contribution < 1.29 is 18.7 Å². The first-order chi connectivity index (χ1) is 14.0. The third-order valence-corrected chi connectivity index (χ3v) is 4.59. The first-order valence-electron chi connectivity index (χ1n) is 8.96. The smallest absolute Gasteiger partial charge is 0.298 e. The van der Waals surface area contributed by atoms with Gasteiger partial charge in [0, 0.05) is 7.05 Å². The molecule has 2 aromatic carbocycles. The Hall–Kier alpha value is -3.75. The number of fused-ring (bicyclic) bond motifs is 1. The Labute approximate surface area is 165 Å². The molecule has 1 aromatic heterocycles. The Morgan fingerprint density at radius 3 is 2.62 bits per heavy atom. The maximum Gasteiger partial charge on any atom is 0.298 e. The molecule has 0 saturated carbocycles. The van der Waals surface area contributed by atoms with E-state index in [-0.39, 0.29) is 24.1 Å². The Morgan fingerprint density at radius 2 is 1.90 bits per heavy atom. The molecule has 0 spiro atoms. The molecule has 1 unspecified atom stereocenters. The zero-order valence-corrected chi connectivity index (χ0v) is 15.8. The number of aromatic nitrogens is 3. The topological polar surface area (TPSA) is 89.4 Å². The van der Waals surface area contributed by atoms with Gasteiger partial charge in [0.25, 0.3) is 11.8 Å². The van der Waals surface area contributed by atoms with Crippen LogP contribution in [-0.2, 0) is 4.79 Å². The Morgan fingerprint density at radius 1 is 1.17 bits per heavy atom. The van der Waals surface area contributed by atoms with Crippen LogP contribution >= 0.6 is 0 Å². The number of halogens is 1. The number of anilines is 1. The summed E-state index contributed by atoms with van der Waals surface area (Å²) < 4.78 is 20.4. The summed E-state index contributed by atoms with van der Waals surface area (Å²) in [6.45, 7) is 1.73. The van der Waals surface area contributed by atoms with Crippen molar-refractivity contribution in [3.63, 3.8) is 0 Å². The van der Waals surface area contributed by atoms with Gasteiger partial charge in [-0.25, -0.2) is 14.1 Å². The number of carbonyl (C=O) groups is 2. The molecule has 0 bridgehead atoms. The molecule has 0 radical (unpaired) electrons. The van der Waals surface area contributed by atoms with Crippen LogP contribution < -0.4 is 15.0 Å². The number of nitrogens with zero attached hydrogens (tertiary/aromatic N) is 4. The molecule has 0 saturated heterocycles. The lowest BCUT2D eigenvalue weighted by molar-refractivity contribution is -0.127. The number of ether oxygens (including phenoxy) is 1. The molecule has 0 fully saturated rings. The number of rotatable bonds is 3. The highest BCUT2D eigenvalue weighted by molar-refractivity contribution is 6.05. The molecule has 8 nitrogen and oxygen atoms in total. The van der Waals surface area contributed by atoms with Gasteiger partial charge >= 0.3 is 0 Å². The minimum atomic E-state index is -0.848. The van der Waals surface area contributed by atoms with Crippen molar-refractivity contribution >= 4 is 17.5 Å². The van der Waals surface area contributed by atoms with Crippen LogP contribution in [0.25, 0.3) is 5.69 Å². The van der Waals surface area contributed by atoms with Gasteiger partial charge in [0.05, 0.1) is 17.9 Å². The summed E-state index contributed by atoms with van der Waals surface area (Å²) in [5.74, 6) is -0.288. The van der Waals surface area contributed by atoms with Crippen molar-refractivity contribution in [3.8, 4) is 11.4 Å². The van der Waals surface area contributed by atoms with Crippen LogP contribution in [-0.4, -0.2) is 46.3 Å². The summed E-state index contributed by atoms with van der Waals surface area (Å²) >= 11 is 0. The van der Waals surface area contributed by atoms with Crippen molar-refractivity contribution in [1.29, 1.82) is 0 Å². The largest absolute Gasteiger partial charge is 0.477 e. The van der Waals surface area contributed by atoms with E-state index in [4.69, 9.17) is 4.74 Å². The Bertz CT molecular complexity index is 1080. The monoisotopic (exact) mass is 395 g/mol. The van der Waals surface area contributed by atoms with E-state index in [0.717, 1.165) is 0 Å². The number of amides is 2. The van der Waals surface area contributed by atoms with Crippen LogP contribution in [0.15, 0.2) is 48.5 Å². The van der Waals surface area contributed by atoms with Gasteiger partial charge in [-0.3, -0.25) is 14.5 Å². The summed E-state index contributed by atoms with van der Waals surface area (Å²) in [6, 6.07) is 12.7. The number of hydrogen-bond acceptors (Lipinski definition) is 5. The van der Waals surface area contributed by atoms with E-state index >= 15 is 0 Å². The Balaban J connectivity index is 1.69. The van der Waals surface area contributed by atoms with Crippen molar-refractivity contribution in [2.24, 2.45) is 0 Å².